The standard InChI is InChI=1S/C22H22N2O2/c25-19-13-18(14-19)22(20-7-3-4-10-23-20)24-21(26)12-15-8-9-16-5-1-2-6-17(16)11-15/h1-11,18-19,22,25H,12-14H2,(H,24,26)/t18?,19?,22-/m0/s1. The molecule has 1 fully saturated rings. The van der Waals surface area contributed by atoms with Crippen molar-refractivity contribution in [3.05, 3.63) is 78.1 Å². The minimum absolute atomic E-state index is 0.0164. The first-order chi connectivity index (χ1) is 12.7. The Hall–Kier alpha value is -2.72. The normalized spacial score (nSPS) is 20.3. The highest BCUT2D eigenvalue weighted by Crippen LogP contribution is 2.37. The van der Waals surface area contributed by atoms with Gasteiger partial charge in [0.15, 0.2) is 0 Å². The molecule has 132 valence electrons. The van der Waals surface area contributed by atoms with Crippen LogP contribution in [0.15, 0.2) is 66.9 Å². The molecule has 1 amide bonds. The third-order valence-electron chi connectivity index (χ3n) is 5.12. The number of nitrogens with one attached hydrogen (secondary N) is 1. The fraction of sp³-hybridized carbons (Fsp3) is 0.273. The predicted molar refractivity (Wildman–Crippen MR) is 102 cm³/mol. The fourth-order valence-electron chi connectivity index (χ4n) is 3.65. The van der Waals surface area contributed by atoms with Crippen molar-refractivity contribution < 1.29 is 9.90 Å². The van der Waals surface area contributed by atoms with Crippen LogP contribution in [-0.4, -0.2) is 22.1 Å². The molecule has 0 unspecified atom stereocenters. The summed E-state index contributed by atoms with van der Waals surface area (Å²) >= 11 is 0. The van der Waals surface area contributed by atoms with E-state index in [-0.39, 0.29) is 24.0 Å². The molecule has 2 aromatic carbocycles. The minimum atomic E-state index is -0.261. The topological polar surface area (TPSA) is 62.2 Å². The van der Waals surface area contributed by atoms with E-state index in [0.29, 0.717) is 19.3 Å². The lowest BCUT2D eigenvalue weighted by Crippen LogP contribution is -2.42. The lowest BCUT2D eigenvalue weighted by atomic mass is 9.76. The van der Waals surface area contributed by atoms with Crippen LogP contribution in [0.5, 0.6) is 0 Å². The molecule has 1 atom stereocenters. The van der Waals surface area contributed by atoms with Gasteiger partial charge in [-0.15, -0.1) is 0 Å². The van der Waals surface area contributed by atoms with Crippen molar-refractivity contribution in [3.63, 3.8) is 0 Å². The Labute approximate surface area is 152 Å². The Morgan fingerprint density at radius 3 is 2.58 bits per heavy atom. The van der Waals surface area contributed by atoms with Gasteiger partial charge in [0.2, 0.25) is 5.91 Å². The van der Waals surface area contributed by atoms with Crippen molar-refractivity contribution in [1.29, 1.82) is 0 Å². The zero-order valence-corrected chi connectivity index (χ0v) is 14.5. The van der Waals surface area contributed by atoms with Crippen LogP contribution in [0.1, 0.15) is 30.1 Å². The van der Waals surface area contributed by atoms with Crippen LogP contribution in [0.2, 0.25) is 0 Å². The second kappa shape index (κ2) is 7.26. The number of hydrogen-bond donors (Lipinski definition) is 2. The van der Waals surface area contributed by atoms with Crippen molar-refractivity contribution in [1.82, 2.24) is 10.3 Å². The summed E-state index contributed by atoms with van der Waals surface area (Å²) in [4.78, 5) is 17.1. The second-order valence-corrected chi connectivity index (χ2v) is 7.04. The summed E-state index contributed by atoms with van der Waals surface area (Å²) < 4.78 is 0. The highest BCUT2D eigenvalue weighted by Gasteiger charge is 2.36. The lowest BCUT2D eigenvalue weighted by Gasteiger charge is -2.37. The number of amides is 1. The number of pyridine rings is 1. The minimum Gasteiger partial charge on any atom is -0.393 e. The molecule has 0 aliphatic heterocycles. The number of hydrogen-bond acceptors (Lipinski definition) is 3. The molecule has 1 heterocycles. The van der Waals surface area contributed by atoms with Crippen LogP contribution < -0.4 is 5.32 Å². The first-order valence-electron chi connectivity index (χ1n) is 9.05. The molecule has 1 saturated carbocycles. The monoisotopic (exact) mass is 346 g/mol. The van der Waals surface area contributed by atoms with E-state index >= 15 is 0 Å². The molecule has 0 saturated heterocycles. The maximum absolute atomic E-state index is 12.7. The summed E-state index contributed by atoms with van der Waals surface area (Å²) in [7, 11) is 0. The number of carbonyl (C=O) groups is 1. The Balaban J connectivity index is 1.48. The number of aliphatic hydroxyl groups is 1. The Morgan fingerprint density at radius 2 is 1.85 bits per heavy atom. The number of nitrogens with zero attached hydrogens (tertiary/aromatic N) is 1. The maximum atomic E-state index is 12.7. The van der Waals surface area contributed by atoms with E-state index < -0.39 is 0 Å². The zero-order valence-electron chi connectivity index (χ0n) is 14.5. The Morgan fingerprint density at radius 1 is 1.08 bits per heavy atom. The number of rotatable bonds is 5. The smallest absolute Gasteiger partial charge is 0.224 e. The quantitative estimate of drug-likeness (QED) is 0.744. The van der Waals surface area contributed by atoms with Crippen LogP contribution in [0.3, 0.4) is 0 Å². The molecule has 0 bridgehead atoms. The zero-order chi connectivity index (χ0) is 17.9. The number of benzene rings is 2. The molecule has 1 aromatic heterocycles. The molecule has 3 aromatic rings. The van der Waals surface area contributed by atoms with Gasteiger partial charge in [-0.1, -0.05) is 48.5 Å². The summed E-state index contributed by atoms with van der Waals surface area (Å²) in [6.45, 7) is 0. The highest BCUT2D eigenvalue weighted by atomic mass is 16.3. The molecule has 1 aliphatic carbocycles. The molecule has 2 N–H and O–H groups in total. The molecule has 4 rings (SSSR count). The van der Waals surface area contributed by atoms with Gasteiger partial charge in [0.05, 0.1) is 24.3 Å². The molecule has 0 radical (unpaired) electrons. The fourth-order valence-corrected chi connectivity index (χ4v) is 3.65. The van der Waals surface area contributed by atoms with Crippen molar-refractivity contribution in [2.24, 2.45) is 5.92 Å². The summed E-state index contributed by atoms with van der Waals surface area (Å²) in [5.41, 5.74) is 1.85. The maximum Gasteiger partial charge on any atom is 0.224 e. The molecule has 4 nitrogen and oxygen atoms in total. The van der Waals surface area contributed by atoms with Gasteiger partial charge in [-0.3, -0.25) is 9.78 Å². The summed E-state index contributed by atoms with van der Waals surface area (Å²) in [5, 5.41) is 15.1. The van der Waals surface area contributed by atoms with Gasteiger partial charge in [-0.05, 0) is 47.2 Å². The number of aromatic nitrogens is 1. The molecule has 4 heteroatoms. The second-order valence-electron chi connectivity index (χ2n) is 7.04. The van der Waals surface area contributed by atoms with E-state index in [1.54, 1.807) is 6.20 Å². The van der Waals surface area contributed by atoms with E-state index in [1.165, 1.54) is 5.39 Å². The van der Waals surface area contributed by atoms with E-state index in [1.807, 2.05) is 36.4 Å². The third-order valence-corrected chi connectivity index (χ3v) is 5.12. The van der Waals surface area contributed by atoms with Gasteiger partial charge in [0.1, 0.15) is 0 Å². The Bertz CT molecular complexity index is 904. The first-order valence-corrected chi connectivity index (χ1v) is 9.05. The summed E-state index contributed by atoms with van der Waals surface area (Å²) in [6.07, 6.45) is 3.23. The largest absolute Gasteiger partial charge is 0.393 e. The van der Waals surface area contributed by atoms with E-state index in [4.69, 9.17) is 0 Å². The van der Waals surface area contributed by atoms with Gasteiger partial charge in [0.25, 0.3) is 0 Å². The number of aliphatic hydroxyl groups excluding tert-OH is 1. The van der Waals surface area contributed by atoms with E-state index in [0.717, 1.165) is 16.6 Å². The van der Waals surface area contributed by atoms with Crippen LogP contribution in [0, 0.1) is 5.92 Å². The number of carbonyl (C=O) groups excluding carboxylic acids is 1. The van der Waals surface area contributed by atoms with Crippen molar-refractivity contribution in [2.45, 2.75) is 31.4 Å². The summed E-state index contributed by atoms with van der Waals surface area (Å²) in [6, 6.07) is 19.9. The van der Waals surface area contributed by atoms with Crippen LogP contribution in [-0.2, 0) is 11.2 Å². The molecular weight excluding hydrogens is 324 g/mol. The average molecular weight is 346 g/mol. The average Bonchev–Trinajstić information content (AvgIpc) is 2.64. The lowest BCUT2D eigenvalue weighted by molar-refractivity contribution is -0.122. The van der Waals surface area contributed by atoms with Crippen molar-refractivity contribution >= 4 is 16.7 Å². The SMILES string of the molecule is O=C(Cc1ccc2ccccc2c1)N[C@H](c1ccccn1)C1CC(O)C1. The van der Waals surface area contributed by atoms with Gasteiger partial charge in [0, 0.05) is 6.20 Å². The number of fused-ring (bicyclic) bond motifs is 1. The van der Waals surface area contributed by atoms with Gasteiger partial charge in [-0.25, -0.2) is 0 Å². The van der Waals surface area contributed by atoms with E-state index in [2.05, 4.69) is 34.6 Å². The molecular formula is C22H22N2O2. The van der Waals surface area contributed by atoms with Crippen LogP contribution in [0.4, 0.5) is 0 Å². The molecule has 26 heavy (non-hydrogen) atoms. The third kappa shape index (κ3) is 3.60. The van der Waals surface area contributed by atoms with E-state index in [9.17, 15) is 9.90 Å². The Kier molecular flexibility index (Phi) is 4.67. The van der Waals surface area contributed by atoms with Crippen LogP contribution >= 0.6 is 0 Å². The summed E-state index contributed by atoms with van der Waals surface area (Å²) in [5.74, 6) is 0.220. The predicted octanol–water partition coefficient (Wildman–Crippen LogP) is 3.41. The first kappa shape index (κ1) is 16.7. The van der Waals surface area contributed by atoms with Gasteiger partial charge >= 0.3 is 0 Å². The van der Waals surface area contributed by atoms with Crippen molar-refractivity contribution in [2.75, 3.05) is 0 Å². The van der Waals surface area contributed by atoms with Gasteiger partial charge in [-0.2, -0.15) is 0 Å². The highest BCUT2D eigenvalue weighted by molar-refractivity contribution is 5.85. The molecule has 1 aliphatic rings. The van der Waals surface area contributed by atoms with Crippen molar-refractivity contribution in [3.8, 4) is 0 Å². The molecule has 0 spiro atoms. The van der Waals surface area contributed by atoms with Gasteiger partial charge < -0.3 is 10.4 Å². The van der Waals surface area contributed by atoms with Crippen LogP contribution in [0.25, 0.3) is 10.8 Å².